The van der Waals surface area contributed by atoms with Crippen LogP contribution in [-0.4, -0.2) is 35.8 Å². The molecule has 18 heavy (non-hydrogen) atoms. The van der Waals surface area contributed by atoms with Gasteiger partial charge >= 0.3 is 0 Å². The molecule has 1 aliphatic heterocycles. The van der Waals surface area contributed by atoms with Gasteiger partial charge in [-0.3, -0.25) is 9.59 Å². The highest BCUT2D eigenvalue weighted by Crippen LogP contribution is 2.19. The lowest BCUT2D eigenvalue weighted by molar-refractivity contribution is -0.127. The molecule has 1 atom stereocenters. The molecule has 0 bridgehead atoms. The first kappa shape index (κ1) is 13.0. The Hall–Kier alpha value is -1.43. The highest BCUT2D eigenvalue weighted by Gasteiger charge is 2.31. The average Bonchev–Trinajstić information content (AvgIpc) is 2.35. The van der Waals surface area contributed by atoms with Crippen LogP contribution in [0.5, 0.6) is 0 Å². The first-order valence-electron chi connectivity index (χ1n) is 5.54. The Labute approximate surface area is 112 Å². The van der Waals surface area contributed by atoms with Gasteiger partial charge < -0.3 is 10.2 Å². The van der Waals surface area contributed by atoms with Crippen LogP contribution in [0.15, 0.2) is 22.7 Å². The number of hydrogen-bond acceptors (Lipinski definition) is 2. The van der Waals surface area contributed by atoms with Crippen molar-refractivity contribution in [3.63, 3.8) is 0 Å². The zero-order valence-electron chi connectivity index (χ0n) is 9.74. The number of piperazine rings is 1. The summed E-state index contributed by atoms with van der Waals surface area (Å²) in [5.41, 5.74) is -0.0223. The van der Waals surface area contributed by atoms with Gasteiger partial charge in [0.05, 0.1) is 5.56 Å². The van der Waals surface area contributed by atoms with Crippen molar-refractivity contribution in [3.8, 4) is 0 Å². The topological polar surface area (TPSA) is 49.4 Å². The molecule has 1 N–H and O–H groups in total. The first-order valence-corrected chi connectivity index (χ1v) is 6.33. The summed E-state index contributed by atoms with van der Waals surface area (Å²) in [5.74, 6) is -1.26. The summed E-state index contributed by atoms with van der Waals surface area (Å²) in [7, 11) is 0. The minimum Gasteiger partial charge on any atom is -0.353 e. The summed E-state index contributed by atoms with van der Waals surface area (Å²) in [4.78, 5) is 25.1. The number of amides is 2. The van der Waals surface area contributed by atoms with Crippen LogP contribution < -0.4 is 5.32 Å². The Kier molecular flexibility index (Phi) is 3.65. The molecule has 1 aromatic rings. The Balaban J connectivity index is 2.30. The number of carbonyl (C=O) groups excluding carboxylic acids is 2. The Morgan fingerprint density at radius 1 is 1.56 bits per heavy atom. The molecule has 1 aliphatic rings. The lowest BCUT2D eigenvalue weighted by Gasteiger charge is -2.32. The van der Waals surface area contributed by atoms with Crippen LogP contribution in [0.25, 0.3) is 0 Å². The molecule has 0 aliphatic carbocycles. The van der Waals surface area contributed by atoms with E-state index in [1.54, 1.807) is 6.92 Å². The van der Waals surface area contributed by atoms with Crippen molar-refractivity contribution < 1.29 is 14.0 Å². The fourth-order valence-electron chi connectivity index (χ4n) is 1.88. The van der Waals surface area contributed by atoms with Crippen LogP contribution in [-0.2, 0) is 4.79 Å². The molecule has 2 amide bonds. The van der Waals surface area contributed by atoms with Crippen molar-refractivity contribution in [2.75, 3.05) is 13.1 Å². The van der Waals surface area contributed by atoms with Crippen LogP contribution in [0.1, 0.15) is 17.3 Å². The summed E-state index contributed by atoms with van der Waals surface area (Å²) in [6.07, 6.45) is 0. The number of hydrogen-bond donors (Lipinski definition) is 1. The number of halogens is 2. The molecule has 0 radical (unpaired) electrons. The van der Waals surface area contributed by atoms with E-state index in [0.29, 0.717) is 17.6 Å². The molecule has 6 heteroatoms. The first-order chi connectivity index (χ1) is 8.50. The van der Waals surface area contributed by atoms with Crippen LogP contribution in [0.4, 0.5) is 4.39 Å². The quantitative estimate of drug-likeness (QED) is 0.855. The highest BCUT2D eigenvalue weighted by atomic mass is 79.9. The van der Waals surface area contributed by atoms with Gasteiger partial charge in [-0.2, -0.15) is 0 Å². The van der Waals surface area contributed by atoms with Crippen LogP contribution in [0.2, 0.25) is 0 Å². The molecule has 0 saturated carbocycles. The van der Waals surface area contributed by atoms with Crippen LogP contribution >= 0.6 is 15.9 Å². The maximum atomic E-state index is 13.6. The van der Waals surface area contributed by atoms with Gasteiger partial charge in [-0.25, -0.2) is 4.39 Å². The second-order valence-electron chi connectivity index (χ2n) is 4.09. The fourth-order valence-corrected chi connectivity index (χ4v) is 2.24. The van der Waals surface area contributed by atoms with Gasteiger partial charge in [-0.05, 0) is 25.1 Å². The van der Waals surface area contributed by atoms with E-state index in [-0.39, 0.29) is 11.5 Å². The molecule has 1 saturated heterocycles. The van der Waals surface area contributed by atoms with Gasteiger partial charge in [0.25, 0.3) is 5.91 Å². The van der Waals surface area contributed by atoms with E-state index in [1.165, 1.54) is 23.1 Å². The van der Waals surface area contributed by atoms with Crippen LogP contribution in [0, 0.1) is 5.82 Å². The minimum absolute atomic E-state index is 0.0223. The smallest absolute Gasteiger partial charge is 0.257 e. The predicted molar refractivity (Wildman–Crippen MR) is 67.6 cm³/mol. The summed E-state index contributed by atoms with van der Waals surface area (Å²) in [6, 6.07) is 3.60. The zero-order chi connectivity index (χ0) is 13.3. The number of rotatable bonds is 1. The normalized spacial score (nSPS) is 19.6. The molecular weight excluding hydrogens is 303 g/mol. The van der Waals surface area contributed by atoms with E-state index in [0.717, 1.165) is 0 Å². The van der Waals surface area contributed by atoms with Crippen molar-refractivity contribution in [2.24, 2.45) is 0 Å². The molecule has 4 nitrogen and oxygen atoms in total. The number of carbonyl (C=O) groups is 2. The van der Waals surface area contributed by atoms with E-state index in [9.17, 15) is 14.0 Å². The van der Waals surface area contributed by atoms with E-state index >= 15 is 0 Å². The van der Waals surface area contributed by atoms with Crippen LogP contribution in [0.3, 0.4) is 0 Å². The molecule has 2 rings (SSSR count). The number of nitrogens with one attached hydrogen (secondary N) is 1. The molecule has 96 valence electrons. The van der Waals surface area contributed by atoms with Gasteiger partial charge in [0.15, 0.2) is 0 Å². The maximum absolute atomic E-state index is 13.6. The molecule has 1 heterocycles. The molecule has 0 aromatic heterocycles. The standard InChI is InChI=1S/C12H12BrFN2O2/c1-7-11(17)15-4-5-16(7)12(18)9-6-8(13)2-3-10(9)14/h2-3,6-7H,4-5H2,1H3,(H,15,17). The van der Waals surface area contributed by atoms with Crippen molar-refractivity contribution in [1.29, 1.82) is 0 Å². The summed E-state index contributed by atoms with van der Waals surface area (Å²) in [5, 5.41) is 2.66. The van der Waals surface area contributed by atoms with Gasteiger partial charge in [0.1, 0.15) is 11.9 Å². The van der Waals surface area contributed by atoms with E-state index in [4.69, 9.17) is 0 Å². The monoisotopic (exact) mass is 314 g/mol. The molecule has 1 unspecified atom stereocenters. The summed E-state index contributed by atoms with van der Waals surface area (Å²) < 4.78 is 14.3. The lowest BCUT2D eigenvalue weighted by Crippen LogP contribution is -2.55. The van der Waals surface area contributed by atoms with Gasteiger partial charge in [-0.15, -0.1) is 0 Å². The third-order valence-electron chi connectivity index (χ3n) is 2.92. The molecular formula is C12H12BrFN2O2. The fraction of sp³-hybridized carbons (Fsp3) is 0.333. The average molecular weight is 315 g/mol. The number of benzene rings is 1. The van der Waals surface area contributed by atoms with Crippen molar-refractivity contribution in [2.45, 2.75) is 13.0 Å². The van der Waals surface area contributed by atoms with Gasteiger partial charge in [0, 0.05) is 17.6 Å². The Morgan fingerprint density at radius 2 is 2.28 bits per heavy atom. The third-order valence-corrected chi connectivity index (χ3v) is 3.41. The second-order valence-corrected chi connectivity index (χ2v) is 5.01. The minimum atomic E-state index is -0.582. The molecule has 1 fully saturated rings. The van der Waals surface area contributed by atoms with Gasteiger partial charge in [-0.1, -0.05) is 15.9 Å². The van der Waals surface area contributed by atoms with E-state index in [1.807, 2.05) is 0 Å². The largest absolute Gasteiger partial charge is 0.353 e. The van der Waals surface area contributed by atoms with Crippen molar-refractivity contribution in [1.82, 2.24) is 10.2 Å². The van der Waals surface area contributed by atoms with Crippen molar-refractivity contribution in [3.05, 3.63) is 34.1 Å². The van der Waals surface area contributed by atoms with Gasteiger partial charge in [0.2, 0.25) is 5.91 Å². The third kappa shape index (κ3) is 2.38. The summed E-state index contributed by atoms with van der Waals surface area (Å²) >= 11 is 3.20. The SMILES string of the molecule is CC1C(=O)NCCN1C(=O)c1cc(Br)ccc1F. The van der Waals surface area contributed by atoms with Crippen molar-refractivity contribution >= 4 is 27.7 Å². The lowest BCUT2D eigenvalue weighted by atomic mass is 10.1. The molecule has 1 aromatic carbocycles. The maximum Gasteiger partial charge on any atom is 0.257 e. The molecule has 0 spiro atoms. The predicted octanol–water partition coefficient (Wildman–Crippen LogP) is 1.55. The highest BCUT2D eigenvalue weighted by molar-refractivity contribution is 9.10. The number of nitrogens with zero attached hydrogens (tertiary/aromatic N) is 1. The Morgan fingerprint density at radius 3 is 3.00 bits per heavy atom. The van der Waals surface area contributed by atoms with E-state index < -0.39 is 17.8 Å². The van der Waals surface area contributed by atoms with E-state index in [2.05, 4.69) is 21.2 Å². The zero-order valence-corrected chi connectivity index (χ0v) is 11.3. The Bertz CT molecular complexity index is 507. The second kappa shape index (κ2) is 5.06. The summed E-state index contributed by atoms with van der Waals surface area (Å²) in [6.45, 7) is 2.41.